The molecule has 1 fully saturated rings. The lowest BCUT2D eigenvalue weighted by atomic mass is 10.1. The van der Waals surface area contributed by atoms with E-state index in [0.29, 0.717) is 0 Å². The molecule has 94 valence electrons. The Morgan fingerprint density at radius 3 is 2.61 bits per heavy atom. The molecule has 2 aromatic rings. The van der Waals surface area contributed by atoms with Gasteiger partial charge in [0.15, 0.2) is 0 Å². The summed E-state index contributed by atoms with van der Waals surface area (Å²) >= 11 is 3.55. The second kappa shape index (κ2) is 5.12. The zero-order chi connectivity index (χ0) is 12.4. The predicted octanol–water partition coefficient (Wildman–Crippen LogP) is 2.68. The Morgan fingerprint density at radius 2 is 1.89 bits per heavy atom. The van der Waals surface area contributed by atoms with E-state index in [1.54, 1.807) is 0 Å². The number of aromatic nitrogens is 2. The van der Waals surface area contributed by atoms with E-state index in [0.717, 1.165) is 47.9 Å². The molecular formula is C13H14BrN3O. The lowest BCUT2D eigenvalue weighted by molar-refractivity contribution is 0.122. The smallest absolute Gasteiger partial charge is 0.124 e. The van der Waals surface area contributed by atoms with Crippen LogP contribution in [0.4, 0.5) is 5.69 Å². The third-order valence-electron chi connectivity index (χ3n) is 3.07. The molecule has 1 N–H and O–H groups in total. The topological polar surface area (TPSA) is 41.2 Å². The van der Waals surface area contributed by atoms with Gasteiger partial charge in [0.2, 0.25) is 0 Å². The van der Waals surface area contributed by atoms with Gasteiger partial charge >= 0.3 is 0 Å². The summed E-state index contributed by atoms with van der Waals surface area (Å²) in [5.41, 5.74) is 3.25. The highest BCUT2D eigenvalue weighted by Gasteiger charge is 2.21. The number of ether oxygens (including phenoxy) is 1. The predicted molar refractivity (Wildman–Crippen MR) is 74.8 cm³/mol. The Kier molecular flexibility index (Phi) is 3.34. The van der Waals surface area contributed by atoms with E-state index in [9.17, 15) is 0 Å². The van der Waals surface area contributed by atoms with E-state index in [-0.39, 0.29) is 0 Å². The Morgan fingerprint density at radius 1 is 1.17 bits per heavy atom. The zero-order valence-corrected chi connectivity index (χ0v) is 11.5. The molecule has 0 atom stereocenters. The van der Waals surface area contributed by atoms with Crippen molar-refractivity contribution in [3.8, 4) is 11.3 Å². The molecule has 1 aliphatic rings. The highest BCUT2D eigenvalue weighted by molar-refractivity contribution is 9.10. The zero-order valence-electron chi connectivity index (χ0n) is 9.90. The van der Waals surface area contributed by atoms with Crippen molar-refractivity contribution in [1.29, 1.82) is 0 Å². The first kappa shape index (κ1) is 11.7. The van der Waals surface area contributed by atoms with Crippen LogP contribution in [0.2, 0.25) is 0 Å². The fourth-order valence-electron chi connectivity index (χ4n) is 2.19. The SMILES string of the molecule is Brc1[nH]nc(-c2ccccc2)c1N1CCOCC1. The maximum atomic E-state index is 5.40. The lowest BCUT2D eigenvalue weighted by Gasteiger charge is -2.28. The van der Waals surface area contributed by atoms with E-state index >= 15 is 0 Å². The molecule has 0 saturated carbocycles. The van der Waals surface area contributed by atoms with Gasteiger partial charge in [0, 0.05) is 18.7 Å². The van der Waals surface area contributed by atoms with Crippen LogP contribution in [0, 0.1) is 0 Å². The highest BCUT2D eigenvalue weighted by atomic mass is 79.9. The van der Waals surface area contributed by atoms with Gasteiger partial charge in [-0.3, -0.25) is 5.10 Å². The Bertz CT molecular complexity index is 520. The van der Waals surface area contributed by atoms with Gasteiger partial charge in [-0.2, -0.15) is 5.10 Å². The summed E-state index contributed by atoms with van der Waals surface area (Å²) in [5.74, 6) is 0. The first-order chi connectivity index (χ1) is 8.86. The van der Waals surface area contributed by atoms with E-state index < -0.39 is 0 Å². The van der Waals surface area contributed by atoms with E-state index in [4.69, 9.17) is 4.74 Å². The summed E-state index contributed by atoms with van der Waals surface area (Å²) in [7, 11) is 0. The molecule has 3 rings (SSSR count). The monoisotopic (exact) mass is 307 g/mol. The van der Waals surface area contributed by atoms with Crippen LogP contribution in [0.5, 0.6) is 0 Å². The first-order valence-corrected chi connectivity index (χ1v) is 6.77. The standard InChI is InChI=1S/C13H14BrN3O/c14-13-12(17-6-8-18-9-7-17)11(15-16-13)10-4-2-1-3-5-10/h1-5H,6-9H2,(H,15,16). The summed E-state index contributed by atoms with van der Waals surface area (Å²) in [6.45, 7) is 3.34. The Balaban J connectivity index is 2.01. The van der Waals surface area contributed by atoms with E-state index in [1.807, 2.05) is 18.2 Å². The molecule has 4 nitrogen and oxygen atoms in total. The summed E-state index contributed by atoms with van der Waals surface area (Å²) in [4.78, 5) is 2.30. The molecule has 2 heterocycles. The van der Waals surface area contributed by atoms with E-state index in [1.165, 1.54) is 0 Å². The second-order valence-corrected chi connectivity index (χ2v) is 4.99. The molecule has 0 radical (unpaired) electrons. The third kappa shape index (κ3) is 2.15. The molecule has 0 bridgehead atoms. The van der Waals surface area contributed by atoms with Crippen molar-refractivity contribution < 1.29 is 4.74 Å². The van der Waals surface area contributed by atoms with Gasteiger partial charge in [0.25, 0.3) is 0 Å². The molecule has 0 unspecified atom stereocenters. The third-order valence-corrected chi connectivity index (χ3v) is 3.63. The van der Waals surface area contributed by atoms with Crippen molar-refractivity contribution in [3.63, 3.8) is 0 Å². The van der Waals surface area contributed by atoms with Gasteiger partial charge in [-0.15, -0.1) is 0 Å². The molecule has 0 amide bonds. The van der Waals surface area contributed by atoms with Crippen LogP contribution < -0.4 is 4.90 Å². The number of benzene rings is 1. The van der Waals surface area contributed by atoms with Crippen molar-refractivity contribution in [2.24, 2.45) is 0 Å². The van der Waals surface area contributed by atoms with Gasteiger partial charge in [-0.25, -0.2) is 0 Å². The van der Waals surface area contributed by atoms with Gasteiger partial charge in [0.05, 0.1) is 18.9 Å². The van der Waals surface area contributed by atoms with Crippen molar-refractivity contribution in [1.82, 2.24) is 10.2 Å². The number of halogens is 1. The fraction of sp³-hybridized carbons (Fsp3) is 0.308. The number of nitrogens with one attached hydrogen (secondary N) is 1. The van der Waals surface area contributed by atoms with Crippen LogP contribution >= 0.6 is 15.9 Å². The molecular weight excluding hydrogens is 294 g/mol. The van der Waals surface area contributed by atoms with Gasteiger partial charge in [0.1, 0.15) is 10.3 Å². The quantitative estimate of drug-likeness (QED) is 0.927. The van der Waals surface area contributed by atoms with Crippen LogP contribution in [0.1, 0.15) is 0 Å². The average molecular weight is 308 g/mol. The minimum Gasteiger partial charge on any atom is -0.378 e. The number of morpholine rings is 1. The van der Waals surface area contributed by atoms with Crippen LogP contribution in [-0.2, 0) is 4.74 Å². The maximum absolute atomic E-state index is 5.40. The number of anilines is 1. The summed E-state index contributed by atoms with van der Waals surface area (Å²) in [6.07, 6.45) is 0. The number of rotatable bonds is 2. The summed E-state index contributed by atoms with van der Waals surface area (Å²) in [6, 6.07) is 10.2. The molecule has 5 heteroatoms. The highest BCUT2D eigenvalue weighted by Crippen LogP contribution is 2.35. The number of aromatic amines is 1. The molecule has 1 aliphatic heterocycles. The van der Waals surface area contributed by atoms with Crippen LogP contribution in [0.15, 0.2) is 34.9 Å². The molecule has 0 spiro atoms. The van der Waals surface area contributed by atoms with Crippen molar-refractivity contribution >= 4 is 21.6 Å². The second-order valence-electron chi connectivity index (χ2n) is 4.20. The Hall–Kier alpha value is -1.33. The van der Waals surface area contributed by atoms with Crippen LogP contribution in [0.25, 0.3) is 11.3 Å². The number of hydrogen-bond donors (Lipinski definition) is 1. The minimum absolute atomic E-state index is 0.770. The van der Waals surface area contributed by atoms with Gasteiger partial charge in [-0.05, 0) is 15.9 Å². The van der Waals surface area contributed by atoms with Crippen molar-refractivity contribution in [2.75, 3.05) is 31.2 Å². The van der Waals surface area contributed by atoms with Crippen LogP contribution in [0.3, 0.4) is 0 Å². The van der Waals surface area contributed by atoms with E-state index in [2.05, 4.69) is 43.2 Å². The largest absolute Gasteiger partial charge is 0.378 e. The minimum atomic E-state index is 0.770. The molecule has 1 aromatic heterocycles. The maximum Gasteiger partial charge on any atom is 0.124 e. The summed E-state index contributed by atoms with van der Waals surface area (Å²) in [5, 5.41) is 7.42. The Labute approximate surface area is 114 Å². The fourth-order valence-corrected chi connectivity index (χ4v) is 2.71. The lowest BCUT2D eigenvalue weighted by Crippen LogP contribution is -2.36. The molecule has 0 aliphatic carbocycles. The molecule has 1 aromatic carbocycles. The summed E-state index contributed by atoms with van der Waals surface area (Å²) < 4.78 is 6.33. The number of H-pyrrole nitrogens is 1. The molecule has 18 heavy (non-hydrogen) atoms. The normalized spacial score (nSPS) is 15.9. The number of nitrogens with zero attached hydrogens (tertiary/aromatic N) is 2. The van der Waals surface area contributed by atoms with Crippen LogP contribution in [-0.4, -0.2) is 36.5 Å². The van der Waals surface area contributed by atoms with Crippen molar-refractivity contribution in [3.05, 3.63) is 34.9 Å². The first-order valence-electron chi connectivity index (χ1n) is 5.98. The molecule has 1 saturated heterocycles. The van der Waals surface area contributed by atoms with Gasteiger partial charge < -0.3 is 9.64 Å². The van der Waals surface area contributed by atoms with Crippen molar-refractivity contribution in [2.45, 2.75) is 0 Å². The number of hydrogen-bond acceptors (Lipinski definition) is 3. The van der Waals surface area contributed by atoms with Gasteiger partial charge in [-0.1, -0.05) is 30.3 Å². The average Bonchev–Trinajstić information content (AvgIpc) is 2.83.